The van der Waals surface area contributed by atoms with Crippen molar-refractivity contribution < 1.29 is 4.79 Å². The summed E-state index contributed by atoms with van der Waals surface area (Å²) in [6.45, 7) is 2.85. The zero-order valence-electron chi connectivity index (χ0n) is 14.7. The maximum Gasteiger partial charge on any atom is 0.259 e. The molecule has 0 bridgehead atoms. The molecule has 0 radical (unpaired) electrons. The van der Waals surface area contributed by atoms with Crippen LogP contribution >= 0.6 is 11.3 Å². The van der Waals surface area contributed by atoms with E-state index in [1.54, 1.807) is 23.8 Å². The molecule has 136 valence electrons. The van der Waals surface area contributed by atoms with Gasteiger partial charge in [0.05, 0.1) is 5.56 Å². The Balaban J connectivity index is 1.36. The van der Waals surface area contributed by atoms with E-state index in [-0.39, 0.29) is 5.91 Å². The van der Waals surface area contributed by atoms with Gasteiger partial charge in [-0.2, -0.15) is 0 Å². The van der Waals surface area contributed by atoms with Crippen LogP contribution in [0.2, 0.25) is 0 Å². The smallest absolute Gasteiger partial charge is 0.259 e. The van der Waals surface area contributed by atoms with Crippen LogP contribution in [0.1, 0.15) is 21.6 Å². The number of pyridine rings is 1. The summed E-state index contributed by atoms with van der Waals surface area (Å²) in [5, 5.41) is 15.2. The molecule has 8 heteroatoms. The number of fused-ring (bicyclic) bond motifs is 1. The molecule has 0 unspecified atom stereocenters. The Bertz CT molecular complexity index is 1060. The van der Waals surface area contributed by atoms with Gasteiger partial charge in [0.2, 0.25) is 5.13 Å². The fourth-order valence-electron chi connectivity index (χ4n) is 3.00. The summed E-state index contributed by atoms with van der Waals surface area (Å²) in [4.78, 5) is 19.9. The van der Waals surface area contributed by atoms with Crippen molar-refractivity contribution in [1.29, 1.82) is 0 Å². The fraction of sp³-hybridized carbons (Fsp3) is 0.158. The molecule has 0 saturated carbocycles. The Morgan fingerprint density at radius 2 is 2.11 bits per heavy atom. The molecule has 27 heavy (non-hydrogen) atoms. The van der Waals surface area contributed by atoms with Gasteiger partial charge in [0.25, 0.3) is 5.91 Å². The zero-order valence-corrected chi connectivity index (χ0v) is 15.5. The molecule has 7 nitrogen and oxygen atoms in total. The van der Waals surface area contributed by atoms with E-state index in [0.29, 0.717) is 10.7 Å². The van der Waals surface area contributed by atoms with E-state index in [1.165, 1.54) is 28.0 Å². The maximum atomic E-state index is 12.1. The van der Waals surface area contributed by atoms with Crippen LogP contribution in [0.5, 0.6) is 0 Å². The molecule has 0 aliphatic carbocycles. The van der Waals surface area contributed by atoms with Crippen LogP contribution in [0.4, 0.5) is 10.9 Å². The third-order valence-corrected chi connectivity index (χ3v) is 4.92. The third-order valence-electron chi connectivity index (χ3n) is 4.31. The molecule has 1 amide bonds. The van der Waals surface area contributed by atoms with Crippen molar-refractivity contribution in [3.05, 3.63) is 64.9 Å². The number of carbonyl (C=O) groups excluding carboxylic acids is 1. The molecule has 0 saturated heterocycles. The predicted molar refractivity (Wildman–Crippen MR) is 107 cm³/mol. The Labute approximate surface area is 159 Å². The van der Waals surface area contributed by atoms with E-state index in [0.717, 1.165) is 24.3 Å². The number of para-hydroxylation sites is 1. The van der Waals surface area contributed by atoms with Crippen LogP contribution in [-0.2, 0) is 6.42 Å². The monoisotopic (exact) mass is 378 g/mol. The minimum atomic E-state index is -0.250. The average molecular weight is 378 g/mol. The number of rotatable bonds is 6. The number of anilines is 2. The lowest BCUT2D eigenvalue weighted by Crippen LogP contribution is -2.13. The number of hydrogen-bond donors (Lipinski definition) is 3. The van der Waals surface area contributed by atoms with Crippen molar-refractivity contribution in [1.82, 2.24) is 20.2 Å². The first-order valence-electron chi connectivity index (χ1n) is 8.54. The first-order valence-corrected chi connectivity index (χ1v) is 9.42. The first-order chi connectivity index (χ1) is 13.2. The summed E-state index contributed by atoms with van der Waals surface area (Å²) in [6, 6.07) is 11.9. The highest BCUT2D eigenvalue weighted by Gasteiger charge is 2.10. The molecular weight excluding hydrogens is 360 g/mol. The van der Waals surface area contributed by atoms with Gasteiger partial charge in [0, 0.05) is 29.3 Å². The lowest BCUT2D eigenvalue weighted by Gasteiger charge is -2.07. The second-order valence-electron chi connectivity index (χ2n) is 6.08. The van der Waals surface area contributed by atoms with E-state index in [4.69, 9.17) is 0 Å². The van der Waals surface area contributed by atoms with Crippen LogP contribution in [0.3, 0.4) is 0 Å². The van der Waals surface area contributed by atoms with Gasteiger partial charge in [0.15, 0.2) is 0 Å². The molecule has 0 aliphatic rings. The van der Waals surface area contributed by atoms with Gasteiger partial charge in [-0.05, 0) is 37.1 Å². The lowest BCUT2D eigenvalue weighted by molar-refractivity contribution is 0.102. The van der Waals surface area contributed by atoms with E-state index in [1.807, 2.05) is 6.07 Å². The summed E-state index contributed by atoms with van der Waals surface area (Å²) in [7, 11) is 0. The summed E-state index contributed by atoms with van der Waals surface area (Å²) in [5.41, 5.74) is 5.70. The van der Waals surface area contributed by atoms with E-state index >= 15 is 0 Å². The lowest BCUT2D eigenvalue weighted by atomic mass is 10.1. The van der Waals surface area contributed by atoms with Crippen LogP contribution in [-0.4, -0.2) is 32.6 Å². The van der Waals surface area contributed by atoms with Gasteiger partial charge in [-0.15, -0.1) is 10.2 Å². The van der Waals surface area contributed by atoms with Gasteiger partial charge in [-0.25, -0.2) is 4.98 Å². The molecule has 3 heterocycles. The van der Waals surface area contributed by atoms with Gasteiger partial charge < -0.3 is 10.3 Å². The average Bonchev–Trinajstić information content (AvgIpc) is 3.30. The molecule has 4 aromatic rings. The highest BCUT2D eigenvalue weighted by molar-refractivity contribution is 7.13. The fourth-order valence-corrected chi connectivity index (χ4v) is 3.44. The number of aryl methyl sites for hydroxylation is 1. The van der Waals surface area contributed by atoms with Crippen LogP contribution in [0.25, 0.3) is 10.9 Å². The first kappa shape index (κ1) is 17.2. The SMILES string of the molecule is Cc1[nH]c2ccccc2c1CCNc1ccc(C(=O)Nc2nncs2)cn1. The van der Waals surface area contributed by atoms with Crippen LogP contribution in [0.15, 0.2) is 48.1 Å². The number of carbonyl (C=O) groups is 1. The van der Waals surface area contributed by atoms with Gasteiger partial charge >= 0.3 is 0 Å². The highest BCUT2D eigenvalue weighted by Crippen LogP contribution is 2.22. The topological polar surface area (TPSA) is 95.6 Å². The molecule has 1 aromatic carbocycles. The second kappa shape index (κ2) is 7.55. The number of nitrogens with zero attached hydrogens (tertiary/aromatic N) is 3. The largest absolute Gasteiger partial charge is 0.370 e. The van der Waals surface area contributed by atoms with Crippen molar-refractivity contribution in [3.63, 3.8) is 0 Å². The number of amides is 1. The summed E-state index contributed by atoms with van der Waals surface area (Å²) in [6.07, 6.45) is 2.44. The minimum Gasteiger partial charge on any atom is -0.370 e. The number of aromatic nitrogens is 4. The number of H-pyrrole nitrogens is 1. The van der Waals surface area contributed by atoms with Crippen LogP contribution < -0.4 is 10.6 Å². The van der Waals surface area contributed by atoms with Gasteiger partial charge in [-0.3, -0.25) is 10.1 Å². The second-order valence-corrected chi connectivity index (χ2v) is 6.91. The number of nitrogens with one attached hydrogen (secondary N) is 3. The van der Waals surface area contributed by atoms with Crippen molar-refractivity contribution in [2.45, 2.75) is 13.3 Å². The van der Waals surface area contributed by atoms with Crippen molar-refractivity contribution in [3.8, 4) is 0 Å². The van der Waals surface area contributed by atoms with Crippen LogP contribution in [0, 0.1) is 6.92 Å². The van der Waals surface area contributed by atoms with Gasteiger partial charge in [-0.1, -0.05) is 29.5 Å². The van der Waals surface area contributed by atoms with E-state index < -0.39 is 0 Å². The Kier molecular flexibility index (Phi) is 4.80. The summed E-state index contributed by atoms with van der Waals surface area (Å²) < 4.78 is 0. The summed E-state index contributed by atoms with van der Waals surface area (Å²) in [5.74, 6) is 0.486. The standard InChI is InChI=1S/C19H18N6OS/c1-12-14(15-4-2-3-5-16(15)23-12)8-9-20-17-7-6-13(10-21-17)18(26)24-19-25-22-11-27-19/h2-7,10-11,23H,8-9H2,1H3,(H,20,21)(H,24,25,26). The minimum absolute atomic E-state index is 0.250. The molecule has 0 aliphatic heterocycles. The molecule has 3 N–H and O–H groups in total. The predicted octanol–water partition coefficient (Wildman–Crippen LogP) is 3.63. The molecule has 4 rings (SSSR count). The highest BCUT2D eigenvalue weighted by atomic mass is 32.1. The molecule has 0 atom stereocenters. The number of hydrogen-bond acceptors (Lipinski definition) is 6. The number of benzene rings is 1. The van der Waals surface area contributed by atoms with E-state index in [2.05, 4.69) is 55.9 Å². The Morgan fingerprint density at radius 1 is 1.22 bits per heavy atom. The van der Waals surface area contributed by atoms with Crippen molar-refractivity contribution >= 4 is 39.1 Å². The van der Waals surface area contributed by atoms with Gasteiger partial charge in [0.1, 0.15) is 11.3 Å². The molecule has 0 fully saturated rings. The van der Waals surface area contributed by atoms with Crippen molar-refractivity contribution in [2.24, 2.45) is 0 Å². The number of aromatic amines is 1. The normalized spacial score (nSPS) is 10.9. The van der Waals surface area contributed by atoms with Crippen molar-refractivity contribution in [2.75, 3.05) is 17.2 Å². The Hall–Kier alpha value is -3.26. The quantitative estimate of drug-likeness (QED) is 0.476. The third kappa shape index (κ3) is 3.80. The molecular formula is C19H18N6OS. The van der Waals surface area contributed by atoms with E-state index in [9.17, 15) is 4.79 Å². The summed E-state index contributed by atoms with van der Waals surface area (Å²) >= 11 is 1.27. The molecule has 3 aromatic heterocycles. The zero-order chi connectivity index (χ0) is 18.6. The Morgan fingerprint density at radius 3 is 2.89 bits per heavy atom. The molecule has 0 spiro atoms. The maximum absolute atomic E-state index is 12.1.